The van der Waals surface area contributed by atoms with Crippen LogP contribution in [0.2, 0.25) is 0 Å². The number of hydrogen-bond acceptors (Lipinski definition) is 6. The summed E-state index contributed by atoms with van der Waals surface area (Å²) in [4.78, 5) is 4.20. The van der Waals surface area contributed by atoms with Crippen molar-refractivity contribution in [3.05, 3.63) is 35.5 Å². The van der Waals surface area contributed by atoms with Crippen molar-refractivity contribution in [3.63, 3.8) is 0 Å². The van der Waals surface area contributed by atoms with E-state index in [1.165, 1.54) is 12.1 Å². The largest absolute Gasteiger partial charge is 0.444 e. The van der Waals surface area contributed by atoms with Crippen LogP contribution in [-0.2, 0) is 16.6 Å². The van der Waals surface area contributed by atoms with Gasteiger partial charge in [0.1, 0.15) is 5.76 Å². The summed E-state index contributed by atoms with van der Waals surface area (Å²) in [6.07, 6.45) is 0. The quantitative estimate of drug-likeness (QED) is 0.726. The lowest BCUT2D eigenvalue weighted by molar-refractivity contribution is 0.478. The number of oxazole rings is 1. The number of rotatable bonds is 4. The van der Waals surface area contributed by atoms with Crippen molar-refractivity contribution in [1.82, 2.24) is 4.98 Å². The highest BCUT2D eigenvalue weighted by Gasteiger charge is 2.11. The van der Waals surface area contributed by atoms with E-state index in [1.807, 2.05) is 13.8 Å². The van der Waals surface area contributed by atoms with Crippen LogP contribution in [0.25, 0.3) is 0 Å². The number of benzene rings is 1. The number of sulfonamides is 1. The van der Waals surface area contributed by atoms with Gasteiger partial charge in [0.25, 0.3) is 0 Å². The van der Waals surface area contributed by atoms with Crippen LogP contribution in [-0.4, -0.2) is 13.4 Å². The third kappa shape index (κ3) is 3.09. The average Bonchev–Trinajstić information content (AvgIpc) is 2.66. The van der Waals surface area contributed by atoms with Crippen LogP contribution in [0, 0.1) is 13.8 Å². The van der Waals surface area contributed by atoms with Crippen LogP contribution in [0.15, 0.2) is 27.5 Å². The predicted molar refractivity (Wildman–Crippen MR) is 75.5 cm³/mol. The summed E-state index contributed by atoms with van der Waals surface area (Å²) >= 11 is 0. The van der Waals surface area contributed by atoms with Gasteiger partial charge in [-0.25, -0.2) is 18.5 Å². The Bertz CT molecular complexity index is 718. The number of nitrogen functional groups attached to an aromatic ring is 1. The molecule has 20 heavy (non-hydrogen) atoms. The maximum absolute atomic E-state index is 11.2. The molecule has 2 rings (SSSR count). The number of nitrogens with one attached hydrogen (secondary N) is 1. The van der Waals surface area contributed by atoms with Crippen LogP contribution >= 0.6 is 0 Å². The van der Waals surface area contributed by atoms with Gasteiger partial charge in [0, 0.05) is 0 Å². The molecule has 1 aromatic heterocycles. The number of nitrogens with two attached hydrogens (primary N) is 2. The van der Waals surface area contributed by atoms with E-state index in [1.54, 1.807) is 6.07 Å². The molecular formula is C12H16N4O3S. The molecule has 0 aliphatic carbocycles. The summed E-state index contributed by atoms with van der Waals surface area (Å²) < 4.78 is 27.8. The molecule has 0 unspecified atom stereocenters. The molecule has 1 aromatic carbocycles. The molecule has 0 saturated heterocycles. The van der Waals surface area contributed by atoms with E-state index in [0.717, 1.165) is 11.5 Å². The summed E-state index contributed by atoms with van der Waals surface area (Å²) in [5, 5.41) is 8.06. The molecule has 0 bridgehead atoms. The molecule has 0 spiro atoms. The minimum Gasteiger partial charge on any atom is -0.444 e. The highest BCUT2D eigenvalue weighted by Crippen LogP contribution is 2.22. The van der Waals surface area contributed by atoms with Gasteiger partial charge in [-0.2, -0.15) is 0 Å². The van der Waals surface area contributed by atoms with Gasteiger partial charge in [-0.15, -0.1) is 0 Å². The summed E-state index contributed by atoms with van der Waals surface area (Å²) in [6.45, 7) is 4.05. The molecule has 5 N–H and O–H groups in total. The first kappa shape index (κ1) is 14.4. The molecule has 0 radical (unpaired) electrons. The molecule has 0 saturated carbocycles. The van der Waals surface area contributed by atoms with Crippen molar-refractivity contribution >= 4 is 21.4 Å². The summed E-state index contributed by atoms with van der Waals surface area (Å²) in [6, 6.07) is 4.25. The van der Waals surface area contributed by atoms with E-state index in [2.05, 4.69) is 10.3 Å². The highest BCUT2D eigenvalue weighted by molar-refractivity contribution is 7.89. The Labute approximate surface area is 117 Å². The number of aromatic nitrogens is 1. The summed E-state index contributed by atoms with van der Waals surface area (Å²) in [5.74, 6) is 1.30. The Morgan fingerprint density at radius 3 is 2.55 bits per heavy atom. The van der Waals surface area contributed by atoms with E-state index < -0.39 is 10.0 Å². The van der Waals surface area contributed by atoms with Crippen LogP contribution in [0.5, 0.6) is 0 Å². The normalized spacial score (nSPS) is 11.6. The lowest BCUT2D eigenvalue weighted by Crippen LogP contribution is -2.13. The van der Waals surface area contributed by atoms with Gasteiger partial charge < -0.3 is 15.5 Å². The summed E-state index contributed by atoms with van der Waals surface area (Å²) in [7, 11) is -3.75. The zero-order valence-corrected chi connectivity index (χ0v) is 12.0. The highest BCUT2D eigenvalue weighted by atomic mass is 32.2. The van der Waals surface area contributed by atoms with Gasteiger partial charge in [-0.1, -0.05) is 0 Å². The smallest absolute Gasteiger partial charge is 0.238 e. The van der Waals surface area contributed by atoms with Gasteiger partial charge in [0.2, 0.25) is 15.9 Å². The summed E-state index contributed by atoms with van der Waals surface area (Å²) in [5.41, 5.74) is 7.49. The SMILES string of the molecule is Cc1nc(CNc2ccc(S(N)(=O)=O)cc2N)oc1C. The number of aryl methyl sites for hydroxylation is 2. The standard InChI is InChI=1S/C12H16N4O3S/c1-7-8(2)19-12(16-7)6-15-11-4-3-9(5-10(11)13)20(14,17)18/h3-5,15H,6,13H2,1-2H3,(H2,14,17,18). The number of anilines is 2. The molecule has 2 aromatic rings. The second-order valence-electron chi connectivity index (χ2n) is 4.40. The Morgan fingerprint density at radius 2 is 2.05 bits per heavy atom. The lowest BCUT2D eigenvalue weighted by Gasteiger charge is -2.08. The van der Waals surface area contributed by atoms with Crippen LogP contribution < -0.4 is 16.2 Å². The fourth-order valence-corrected chi connectivity index (χ4v) is 2.21. The number of primary sulfonamides is 1. The predicted octanol–water partition coefficient (Wildman–Crippen LogP) is 1.13. The Kier molecular flexibility index (Phi) is 3.69. The van der Waals surface area contributed by atoms with Gasteiger partial charge >= 0.3 is 0 Å². The van der Waals surface area contributed by atoms with Crippen molar-refractivity contribution in [2.45, 2.75) is 25.3 Å². The monoisotopic (exact) mass is 296 g/mol. The minimum atomic E-state index is -3.75. The van der Waals surface area contributed by atoms with E-state index in [0.29, 0.717) is 18.1 Å². The molecule has 0 amide bonds. The minimum absolute atomic E-state index is 0.0247. The Hall–Kier alpha value is -2.06. The number of nitrogens with zero attached hydrogens (tertiary/aromatic N) is 1. The first-order valence-corrected chi connectivity index (χ1v) is 7.41. The van der Waals surface area contributed by atoms with Crippen molar-refractivity contribution < 1.29 is 12.8 Å². The zero-order chi connectivity index (χ0) is 14.9. The third-order valence-electron chi connectivity index (χ3n) is 2.85. The molecule has 0 atom stereocenters. The van der Waals surface area contributed by atoms with E-state index >= 15 is 0 Å². The second kappa shape index (κ2) is 5.14. The maximum atomic E-state index is 11.2. The van der Waals surface area contributed by atoms with Crippen LogP contribution in [0.1, 0.15) is 17.3 Å². The van der Waals surface area contributed by atoms with Gasteiger partial charge in [-0.05, 0) is 32.0 Å². The van der Waals surface area contributed by atoms with Crippen molar-refractivity contribution in [3.8, 4) is 0 Å². The molecule has 1 heterocycles. The van der Waals surface area contributed by atoms with E-state index in [-0.39, 0.29) is 10.6 Å². The van der Waals surface area contributed by atoms with Crippen molar-refractivity contribution in [2.24, 2.45) is 5.14 Å². The molecule has 8 heteroatoms. The molecular weight excluding hydrogens is 280 g/mol. The zero-order valence-electron chi connectivity index (χ0n) is 11.2. The van der Waals surface area contributed by atoms with Gasteiger partial charge in [-0.3, -0.25) is 0 Å². The van der Waals surface area contributed by atoms with E-state index in [4.69, 9.17) is 15.3 Å². The van der Waals surface area contributed by atoms with Crippen molar-refractivity contribution in [2.75, 3.05) is 11.1 Å². The molecule has 0 aliphatic heterocycles. The average molecular weight is 296 g/mol. The van der Waals surface area contributed by atoms with E-state index in [9.17, 15) is 8.42 Å². The van der Waals surface area contributed by atoms with Crippen LogP contribution in [0.3, 0.4) is 0 Å². The molecule has 7 nitrogen and oxygen atoms in total. The fourth-order valence-electron chi connectivity index (χ4n) is 1.66. The Morgan fingerprint density at radius 1 is 1.35 bits per heavy atom. The number of hydrogen-bond donors (Lipinski definition) is 3. The fraction of sp³-hybridized carbons (Fsp3) is 0.250. The first-order chi connectivity index (χ1) is 9.27. The van der Waals surface area contributed by atoms with Crippen molar-refractivity contribution in [1.29, 1.82) is 0 Å². The first-order valence-electron chi connectivity index (χ1n) is 5.86. The molecule has 108 valence electrons. The maximum Gasteiger partial charge on any atom is 0.238 e. The van der Waals surface area contributed by atoms with Gasteiger partial charge in [0.05, 0.1) is 28.5 Å². The van der Waals surface area contributed by atoms with Gasteiger partial charge in [0.15, 0.2) is 0 Å². The Balaban J connectivity index is 2.14. The lowest BCUT2D eigenvalue weighted by atomic mass is 10.2. The topological polar surface area (TPSA) is 124 Å². The molecule has 0 aliphatic rings. The third-order valence-corrected chi connectivity index (χ3v) is 3.77. The second-order valence-corrected chi connectivity index (χ2v) is 5.96. The van der Waals surface area contributed by atoms with Crippen LogP contribution in [0.4, 0.5) is 11.4 Å². The molecule has 0 fully saturated rings.